The van der Waals surface area contributed by atoms with Gasteiger partial charge in [0.15, 0.2) is 0 Å². The molecule has 0 bridgehead atoms. The van der Waals surface area contributed by atoms with E-state index in [-0.39, 0.29) is 0 Å². The maximum atomic E-state index is 4.12. The van der Waals surface area contributed by atoms with Crippen molar-refractivity contribution < 1.29 is 0 Å². The van der Waals surface area contributed by atoms with Gasteiger partial charge in [-0.1, -0.05) is 45.4 Å². The number of fused-ring (bicyclic) bond motifs is 1. The summed E-state index contributed by atoms with van der Waals surface area (Å²) < 4.78 is 0. The van der Waals surface area contributed by atoms with Crippen molar-refractivity contribution >= 4 is 12.0 Å². The number of aliphatic imine (C=N–C) groups is 1. The molecule has 0 aromatic heterocycles. The zero-order chi connectivity index (χ0) is 11.7. The number of nitrogens with zero attached hydrogens (tertiary/aromatic N) is 1. The number of hydrogen-bond donors (Lipinski definition) is 1. The Kier molecular flexibility index (Phi) is 7.33. The Balaban J connectivity index is 0.000000442. The number of hydrogen-bond acceptors (Lipinski definition) is 2. The van der Waals surface area contributed by atoms with E-state index < -0.39 is 0 Å². The van der Waals surface area contributed by atoms with Gasteiger partial charge in [0.1, 0.15) is 0 Å². The van der Waals surface area contributed by atoms with Crippen LogP contribution in [0.15, 0.2) is 23.2 Å². The fourth-order valence-corrected chi connectivity index (χ4v) is 1.25. The van der Waals surface area contributed by atoms with Crippen molar-refractivity contribution in [2.75, 3.05) is 5.32 Å². The highest BCUT2D eigenvalue weighted by atomic mass is 15.0. The van der Waals surface area contributed by atoms with Crippen LogP contribution >= 0.6 is 0 Å². The number of rotatable bonds is 0. The van der Waals surface area contributed by atoms with Crippen LogP contribution in [0.5, 0.6) is 0 Å². The lowest BCUT2D eigenvalue weighted by atomic mass is 10.1. The Hall–Kier alpha value is -1.31. The van der Waals surface area contributed by atoms with Gasteiger partial charge in [0.2, 0.25) is 0 Å². The van der Waals surface area contributed by atoms with E-state index in [0.717, 1.165) is 6.54 Å². The average Bonchev–Trinajstić information content (AvgIpc) is 2.34. The van der Waals surface area contributed by atoms with Crippen LogP contribution < -0.4 is 5.32 Å². The van der Waals surface area contributed by atoms with Crippen LogP contribution in [-0.2, 0) is 6.54 Å². The minimum Gasteiger partial charge on any atom is -0.346 e. The van der Waals surface area contributed by atoms with Crippen LogP contribution in [0.1, 0.15) is 38.8 Å². The van der Waals surface area contributed by atoms with E-state index in [1.807, 2.05) is 27.7 Å². The molecule has 1 N–H and O–H groups in total. The van der Waals surface area contributed by atoms with Crippen LogP contribution in [0, 0.1) is 6.92 Å². The first-order chi connectivity index (χ1) is 7.36. The van der Waals surface area contributed by atoms with Gasteiger partial charge in [-0.05, 0) is 18.6 Å². The summed E-state index contributed by atoms with van der Waals surface area (Å²) >= 11 is 0. The molecule has 0 atom stereocenters. The minimum atomic E-state index is 0.810. The summed E-state index contributed by atoms with van der Waals surface area (Å²) in [6, 6.07) is 6.36. The highest BCUT2D eigenvalue weighted by molar-refractivity contribution is 5.79. The van der Waals surface area contributed by atoms with Gasteiger partial charge in [0.05, 0.1) is 12.9 Å². The van der Waals surface area contributed by atoms with Crippen molar-refractivity contribution in [3.05, 3.63) is 29.3 Å². The van der Waals surface area contributed by atoms with E-state index in [9.17, 15) is 0 Å². The summed E-state index contributed by atoms with van der Waals surface area (Å²) in [5.41, 5.74) is 3.76. The predicted molar refractivity (Wildman–Crippen MR) is 69.7 cm³/mol. The smallest absolute Gasteiger partial charge is 0.0872 e. The van der Waals surface area contributed by atoms with E-state index in [4.69, 9.17) is 0 Å². The monoisotopic (exact) mass is 206 g/mol. The van der Waals surface area contributed by atoms with Crippen molar-refractivity contribution in [3.8, 4) is 0 Å². The molecule has 0 fully saturated rings. The third-order valence-corrected chi connectivity index (χ3v) is 1.83. The van der Waals surface area contributed by atoms with Crippen molar-refractivity contribution in [1.29, 1.82) is 0 Å². The number of aryl methyl sites for hydroxylation is 1. The topological polar surface area (TPSA) is 24.4 Å². The van der Waals surface area contributed by atoms with Crippen molar-refractivity contribution in [2.24, 2.45) is 4.99 Å². The van der Waals surface area contributed by atoms with Crippen molar-refractivity contribution in [3.63, 3.8) is 0 Å². The summed E-state index contributed by atoms with van der Waals surface area (Å²) in [5.74, 6) is 0. The Morgan fingerprint density at radius 2 is 1.80 bits per heavy atom. The molecule has 1 aliphatic heterocycles. The van der Waals surface area contributed by atoms with Gasteiger partial charge in [-0.2, -0.15) is 0 Å². The number of anilines is 1. The zero-order valence-corrected chi connectivity index (χ0v) is 10.5. The first kappa shape index (κ1) is 13.7. The van der Waals surface area contributed by atoms with Gasteiger partial charge < -0.3 is 5.32 Å². The summed E-state index contributed by atoms with van der Waals surface area (Å²) in [7, 11) is 0. The molecule has 1 aromatic rings. The van der Waals surface area contributed by atoms with Gasteiger partial charge in [-0.15, -0.1) is 0 Å². The standard InChI is InChI=1S/C9H10N2.2C2H6/c1-7-2-3-9-8(4-7)5-10-6-11-9;2*1-2/h2-4,6H,5H2,1H3,(H,10,11);2*1-2H3. The van der Waals surface area contributed by atoms with E-state index in [0.29, 0.717) is 0 Å². The molecule has 1 aliphatic rings. The summed E-state index contributed by atoms with van der Waals surface area (Å²) in [6.07, 6.45) is 1.75. The predicted octanol–water partition coefficient (Wildman–Crippen LogP) is 4.00. The number of nitrogens with one attached hydrogen (secondary N) is 1. The van der Waals surface area contributed by atoms with Gasteiger partial charge in [-0.25, -0.2) is 0 Å². The van der Waals surface area contributed by atoms with Crippen molar-refractivity contribution in [2.45, 2.75) is 41.2 Å². The van der Waals surface area contributed by atoms with Gasteiger partial charge in [0, 0.05) is 5.69 Å². The molecule has 0 spiro atoms. The molecule has 0 saturated heterocycles. The first-order valence-corrected chi connectivity index (χ1v) is 5.70. The molecular formula is C13H22N2. The maximum Gasteiger partial charge on any atom is 0.0872 e. The lowest BCUT2D eigenvalue weighted by Crippen LogP contribution is -2.04. The van der Waals surface area contributed by atoms with Gasteiger partial charge >= 0.3 is 0 Å². The van der Waals surface area contributed by atoms with E-state index in [1.165, 1.54) is 16.8 Å². The van der Waals surface area contributed by atoms with Crippen LogP contribution in [0.25, 0.3) is 0 Å². The molecule has 1 aromatic carbocycles. The van der Waals surface area contributed by atoms with E-state index in [2.05, 4.69) is 35.4 Å². The lowest BCUT2D eigenvalue weighted by molar-refractivity contribution is 1.06. The average molecular weight is 206 g/mol. The molecule has 0 radical (unpaired) electrons. The van der Waals surface area contributed by atoms with Gasteiger partial charge in [0.25, 0.3) is 0 Å². The Morgan fingerprint density at radius 1 is 1.13 bits per heavy atom. The number of benzene rings is 1. The fraction of sp³-hybridized carbons (Fsp3) is 0.462. The summed E-state index contributed by atoms with van der Waals surface area (Å²) in [6.45, 7) is 10.9. The maximum absolute atomic E-state index is 4.12. The molecule has 84 valence electrons. The molecule has 0 unspecified atom stereocenters. The molecule has 2 nitrogen and oxygen atoms in total. The second-order valence-corrected chi connectivity index (χ2v) is 2.77. The van der Waals surface area contributed by atoms with Crippen LogP contribution in [0.3, 0.4) is 0 Å². The van der Waals surface area contributed by atoms with Crippen LogP contribution in [0.2, 0.25) is 0 Å². The Bertz CT molecular complexity index is 303. The SMILES string of the molecule is CC.CC.Cc1ccc2c(c1)CN=CN2. The Labute approximate surface area is 93.4 Å². The minimum absolute atomic E-state index is 0.810. The fourth-order valence-electron chi connectivity index (χ4n) is 1.25. The molecule has 0 aliphatic carbocycles. The highest BCUT2D eigenvalue weighted by Gasteiger charge is 2.03. The third kappa shape index (κ3) is 4.15. The Morgan fingerprint density at radius 3 is 2.47 bits per heavy atom. The quantitative estimate of drug-likeness (QED) is 0.681. The summed E-state index contributed by atoms with van der Waals surface area (Å²) in [5, 5.41) is 3.10. The molecule has 2 rings (SSSR count). The summed E-state index contributed by atoms with van der Waals surface area (Å²) in [4.78, 5) is 4.12. The van der Waals surface area contributed by atoms with E-state index in [1.54, 1.807) is 6.34 Å². The second kappa shape index (κ2) is 8.04. The molecular weight excluding hydrogens is 184 g/mol. The van der Waals surface area contributed by atoms with Crippen LogP contribution in [-0.4, -0.2) is 6.34 Å². The molecule has 0 saturated carbocycles. The molecule has 2 heteroatoms. The largest absolute Gasteiger partial charge is 0.346 e. The molecule has 1 heterocycles. The normalized spacial score (nSPS) is 11.0. The van der Waals surface area contributed by atoms with Crippen LogP contribution in [0.4, 0.5) is 5.69 Å². The first-order valence-electron chi connectivity index (χ1n) is 5.70. The molecule has 0 amide bonds. The van der Waals surface area contributed by atoms with E-state index >= 15 is 0 Å². The lowest BCUT2D eigenvalue weighted by Gasteiger charge is -2.11. The van der Waals surface area contributed by atoms with Gasteiger partial charge in [-0.3, -0.25) is 4.99 Å². The van der Waals surface area contributed by atoms with Crippen molar-refractivity contribution in [1.82, 2.24) is 0 Å². The highest BCUT2D eigenvalue weighted by Crippen LogP contribution is 2.19. The second-order valence-electron chi connectivity index (χ2n) is 2.77. The third-order valence-electron chi connectivity index (χ3n) is 1.83. The zero-order valence-electron chi connectivity index (χ0n) is 10.5. The molecule has 15 heavy (non-hydrogen) atoms.